The van der Waals surface area contributed by atoms with Crippen LogP contribution in [0.25, 0.3) is 11.4 Å². The molecule has 1 aromatic carbocycles. The number of halogens is 2. The lowest BCUT2D eigenvalue weighted by atomic mass is 10.1. The van der Waals surface area contributed by atoms with E-state index in [4.69, 9.17) is 10.3 Å². The molecular formula is C12H12F2N4O. The number of aromatic nitrogens is 2. The lowest BCUT2D eigenvalue weighted by molar-refractivity contribution is -0.0293. The molecular weight excluding hydrogens is 254 g/mol. The van der Waals surface area contributed by atoms with Crippen molar-refractivity contribution in [2.24, 2.45) is 0 Å². The van der Waals surface area contributed by atoms with Gasteiger partial charge in [0.1, 0.15) is 0 Å². The van der Waals surface area contributed by atoms with Crippen LogP contribution in [0.2, 0.25) is 0 Å². The van der Waals surface area contributed by atoms with E-state index < -0.39 is 5.92 Å². The first kappa shape index (κ1) is 11.9. The third-order valence-electron chi connectivity index (χ3n) is 3.07. The molecule has 2 aromatic rings. The van der Waals surface area contributed by atoms with Crippen molar-refractivity contribution in [2.45, 2.75) is 12.8 Å². The Morgan fingerprint density at radius 3 is 2.74 bits per heavy atom. The number of hydrogen-bond acceptors (Lipinski definition) is 5. The summed E-state index contributed by atoms with van der Waals surface area (Å²) in [7, 11) is 0. The molecule has 0 unspecified atom stereocenters. The highest BCUT2D eigenvalue weighted by atomic mass is 19.3. The van der Waals surface area contributed by atoms with Crippen LogP contribution in [-0.2, 0) is 0 Å². The average Bonchev–Trinajstić information content (AvgIpc) is 2.78. The number of aryl methyl sites for hydroxylation is 1. The third-order valence-corrected chi connectivity index (χ3v) is 3.07. The summed E-state index contributed by atoms with van der Waals surface area (Å²) >= 11 is 0. The summed E-state index contributed by atoms with van der Waals surface area (Å²) in [5.41, 5.74) is 8.08. The molecule has 0 amide bonds. The zero-order valence-corrected chi connectivity index (χ0v) is 10.2. The molecule has 100 valence electrons. The van der Waals surface area contributed by atoms with Gasteiger partial charge in [-0.1, -0.05) is 17.3 Å². The second-order valence-corrected chi connectivity index (χ2v) is 4.68. The molecule has 3 rings (SSSR count). The largest absolute Gasteiger partial charge is 0.398 e. The molecule has 1 aliphatic rings. The fourth-order valence-corrected chi connectivity index (χ4v) is 1.89. The first-order chi connectivity index (χ1) is 8.94. The van der Waals surface area contributed by atoms with Gasteiger partial charge in [-0.3, -0.25) is 0 Å². The molecule has 1 saturated heterocycles. The van der Waals surface area contributed by atoms with Crippen LogP contribution in [0.15, 0.2) is 22.7 Å². The number of nitrogen functional groups attached to an aromatic ring is 1. The van der Waals surface area contributed by atoms with Crippen molar-refractivity contribution in [1.82, 2.24) is 10.1 Å². The van der Waals surface area contributed by atoms with Crippen LogP contribution < -0.4 is 10.6 Å². The van der Waals surface area contributed by atoms with Gasteiger partial charge < -0.3 is 15.2 Å². The maximum Gasteiger partial charge on any atom is 0.324 e. The summed E-state index contributed by atoms with van der Waals surface area (Å²) < 4.78 is 30.5. The topological polar surface area (TPSA) is 68.2 Å². The van der Waals surface area contributed by atoms with Crippen molar-refractivity contribution in [2.75, 3.05) is 23.7 Å². The minimum atomic E-state index is -2.66. The normalized spacial score (nSPS) is 17.3. The van der Waals surface area contributed by atoms with Crippen molar-refractivity contribution in [3.05, 3.63) is 23.8 Å². The monoisotopic (exact) mass is 266 g/mol. The second-order valence-electron chi connectivity index (χ2n) is 4.68. The predicted molar refractivity (Wildman–Crippen MR) is 66.0 cm³/mol. The van der Waals surface area contributed by atoms with E-state index in [0.717, 1.165) is 5.56 Å². The first-order valence-electron chi connectivity index (χ1n) is 5.78. The Morgan fingerprint density at radius 1 is 1.37 bits per heavy atom. The van der Waals surface area contributed by atoms with Gasteiger partial charge in [0.25, 0.3) is 5.92 Å². The van der Waals surface area contributed by atoms with Gasteiger partial charge in [0.2, 0.25) is 5.82 Å². The van der Waals surface area contributed by atoms with Crippen LogP contribution in [0.3, 0.4) is 0 Å². The highest BCUT2D eigenvalue weighted by molar-refractivity contribution is 5.64. The van der Waals surface area contributed by atoms with Crippen LogP contribution in [-0.4, -0.2) is 29.2 Å². The molecule has 0 atom stereocenters. The first-order valence-corrected chi connectivity index (χ1v) is 5.78. The Balaban J connectivity index is 1.83. The van der Waals surface area contributed by atoms with Gasteiger partial charge in [-0.15, -0.1) is 0 Å². The Morgan fingerprint density at radius 2 is 2.11 bits per heavy atom. The summed E-state index contributed by atoms with van der Waals surface area (Å²) in [4.78, 5) is 5.44. The lowest BCUT2D eigenvalue weighted by Crippen LogP contribution is -2.56. The number of nitrogens with two attached hydrogens (primary N) is 1. The smallest absolute Gasteiger partial charge is 0.324 e. The van der Waals surface area contributed by atoms with Crippen LogP contribution in [0.5, 0.6) is 0 Å². The van der Waals surface area contributed by atoms with Gasteiger partial charge in [0, 0.05) is 11.3 Å². The van der Waals surface area contributed by atoms with Gasteiger partial charge in [-0.05, 0) is 18.6 Å². The lowest BCUT2D eigenvalue weighted by Gasteiger charge is -2.36. The molecule has 19 heavy (non-hydrogen) atoms. The molecule has 0 bridgehead atoms. The molecule has 0 radical (unpaired) electrons. The second kappa shape index (κ2) is 3.91. The Bertz CT molecular complexity index is 618. The van der Waals surface area contributed by atoms with E-state index in [0.29, 0.717) is 17.1 Å². The summed E-state index contributed by atoms with van der Waals surface area (Å²) in [5.74, 6) is -2.32. The molecule has 1 aromatic heterocycles. The summed E-state index contributed by atoms with van der Waals surface area (Å²) in [6.45, 7) is 1.12. The van der Waals surface area contributed by atoms with E-state index in [1.165, 1.54) is 4.90 Å². The summed E-state index contributed by atoms with van der Waals surface area (Å²) in [6, 6.07) is 5.50. The summed E-state index contributed by atoms with van der Waals surface area (Å²) in [5, 5.41) is 3.78. The van der Waals surface area contributed by atoms with Crippen molar-refractivity contribution in [1.29, 1.82) is 0 Å². The molecule has 0 saturated carbocycles. The molecule has 0 spiro atoms. The Hall–Kier alpha value is -2.18. The molecule has 7 heteroatoms. The zero-order valence-electron chi connectivity index (χ0n) is 10.2. The van der Waals surface area contributed by atoms with E-state index in [1.807, 2.05) is 19.1 Å². The fraction of sp³-hybridized carbons (Fsp3) is 0.333. The average molecular weight is 266 g/mol. The van der Waals surface area contributed by atoms with E-state index >= 15 is 0 Å². The van der Waals surface area contributed by atoms with E-state index in [9.17, 15) is 8.78 Å². The molecule has 2 heterocycles. The molecule has 2 N–H and O–H groups in total. The van der Waals surface area contributed by atoms with Crippen molar-refractivity contribution >= 4 is 11.7 Å². The predicted octanol–water partition coefficient (Wildman–Crippen LogP) is 2.08. The van der Waals surface area contributed by atoms with Crippen molar-refractivity contribution in [3.8, 4) is 11.4 Å². The van der Waals surface area contributed by atoms with Crippen LogP contribution in [0.4, 0.5) is 20.5 Å². The zero-order chi connectivity index (χ0) is 13.6. The fourth-order valence-electron chi connectivity index (χ4n) is 1.89. The number of nitrogens with zero attached hydrogens (tertiary/aromatic N) is 3. The molecule has 1 fully saturated rings. The highest BCUT2D eigenvalue weighted by Crippen LogP contribution is 2.32. The van der Waals surface area contributed by atoms with E-state index in [2.05, 4.69) is 10.1 Å². The molecule has 5 nitrogen and oxygen atoms in total. The maximum absolute atomic E-state index is 12.8. The van der Waals surface area contributed by atoms with Gasteiger partial charge in [-0.2, -0.15) is 4.98 Å². The van der Waals surface area contributed by atoms with E-state index in [-0.39, 0.29) is 19.1 Å². The number of rotatable bonds is 2. The quantitative estimate of drug-likeness (QED) is 0.843. The van der Waals surface area contributed by atoms with Gasteiger partial charge >= 0.3 is 6.01 Å². The number of hydrogen-bond donors (Lipinski definition) is 1. The Kier molecular flexibility index (Phi) is 2.44. The van der Waals surface area contributed by atoms with Gasteiger partial charge in [-0.25, -0.2) is 8.78 Å². The summed E-state index contributed by atoms with van der Waals surface area (Å²) in [6.07, 6.45) is 0. The Labute approximate surface area is 108 Å². The minimum Gasteiger partial charge on any atom is -0.398 e. The van der Waals surface area contributed by atoms with Gasteiger partial charge in [0.05, 0.1) is 13.1 Å². The number of benzene rings is 1. The maximum atomic E-state index is 12.8. The number of alkyl halides is 2. The molecule has 1 aliphatic heterocycles. The highest BCUT2D eigenvalue weighted by Gasteiger charge is 2.46. The van der Waals surface area contributed by atoms with Crippen molar-refractivity contribution < 1.29 is 13.3 Å². The SMILES string of the molecule is Cc1ccc(-c2noc(N3CC(F)(F)C3)n2)cc1N. The van der Waals surface area contributed by atoms with Crippen LogP contribution >= 0.6 is 0 Å². The number of anilines is 2. The van der Waals surface area contributed by atoms with Gasteiger partial charge in [0.15, 0.2) is 0 Å². The third kappa shape index (κ3) is 2.11. The van der Waals surface area contributed by atoms with Crippen LogP contribution in [0.1, 0.15) is 5.56 Å². The van der Waals surface area contributed by atoms with Crippen LogP contribution in [0, 0.1) is 6.92 Å². The van der Waals surface area contributed by atoms with E-state index in [1.54, 1.807) is 6.07 Å². The standard InChI is InChI=1S/C12H12F2N4O/c1-7-2-3-8(4-9(7)15)10-16-11(19-17-10)18-5-12(13,14)6-18/h2-4H,5-6,15H2,1H3. The minimum absolute atomic E-state index is 0.111. The molecule has 0 aliphatic carbocycles. The van der Waals surface area contributed by atoms with Crippen molar-refractivity contribution in [3.63, 3.8) is 0 Å².